The first-order valence-corrected chi connectivity index (χ1v) is 4.68. The highest BCUT2D eigenvalue weighted by Gasteiger charge is 2.22. The van der Waals surface area contributed by atoms with Crippen molar-refractivity contribution in [1.29, 1.82) is 0 Å². The predicted molar refractivity (Wildman–Crippen MR) is 54.5 cm³/mol. The second kappa shape index (κ2) is 3.29. The van der Waals surface area contributed by atoms with Gasteiger partial charge < -0.3 is 5.32 Å². The van der Waals surface area contributed by atoms with Crippen LogP contribution in [0.15, 0.2) is 18.2 Å². The van der Waals surface area contributed by atoms with E-state index in [-0.39, 0.29) is 10.6 Å². The Morgan fingerprint density at radius 1 is 1.50 bits per heavy atom. The van der Waals surface area contributed by atoms with Crippen molar-refractivity contribution >= 4 is 11.4 Å². The highest BCUT2D eigenvalue weighted by atomic mass is 16.6. The zero-order chi connectivity index (χ0) is 10.1. The standard InChI is InChI=1S/C10H12N2O2/c1-7-2-5-9(12(13)14)6-10(7)11-8-3-4-8/h2,5-6,8,11H,3-4H2,1H3. The van der Waals surface area contributed by atoms with Gasteiger partial charge in [-0.1, -0.05) is 6.07 Å². The molecule has 74 valence electrons. The lowest BCUT2D eigenvalue weighted by atomic mass is 10.2. The Morgan fingerprint density at radius 2 is 2.21 bits per heavy atom. The van der Waals surface area contributed by atoms with Crippen LogP contribution < -0.4 is 5.32 Å². The van der Waals surface area contributed by atoms with Crippen molar-refractivity contribution in [2.24, 2.45) is 0 Å². The van der Waals surface area contributed by atoms with Crippen LogP contribution in [0.4, 0.5) is 11.4 Å². The van der Waals surface area contributed by atoms with Gasteiger partial charge in [-0.15, -0.1) is 0 Å². The summed E-state index contributed by atoms with van der Waals surface area (Å²) in [6.07, 6.45) is 2.34. The van der Waals surface area contributed by atoms with Crippen molar-refractivity contribution in [3.8, 4) is 0 Å². The molecule has 1 aromatic rings. The molecule has 0 unspecified atom stereocenters. The van der Waals surface area contributed by atoms with Gasteiger partial charge in [0.2, 0.25) is 0 Å². The van der Waals surface area contributed by atoms with Crippen LogP contribution in [-0.4, -0.2) is 11.0 Å². The molecule has 0 amide bonds. The average molecular weight is 192 g/mol. The summed E-state index contributed by atoms with van der Waals surface area (Å²) in [6, 6.07) is 5.44. The normalized spacial score (nSPS) is 15.2. The topological polar surface area (TPSA) is 55.2 Å². The van der Waals surface area contributed by atoms with Gasteiger partial charge in [0.1, 0.15) is 0 Å². The number of nitro groups is 1. The molecular formula is C10H12N2O2. The number of rotatable bonds is 3. The molecule has 0 heterocycles. The van der Waals surface area contributed by atoms with Crippen LogP contribution in [0.3, 0.4) is 0 Å². The number of aryl methyl sites for hydroxylation is 1. The average Bonchev–Trinajstić information content (AvgIpc) is 2.92. The van der Waals surface area contributed by atoms with Gasteiger partial charge in [0.05, 0.1) is 4.92 Å². The Bertz CT molecular complexity index is 372. The Labute approximate surface area is 82.1 Å². The minimum atomic E-state index is -0.364. The lowest BCUT2D eigenvalue weighted by molar-refractivity contribution is -0.384. The van der Waals surface area contributed by atoms with E-state index in [2.05, 4.69) is 5.32 Å². The molecule has 0 aliphatic heterocycles. The van der Waals surface area contributed by atoms with E-state index in [1.54, 1.807) is 12.1 Å². The van der Waals surface area contributed by atoms with E-state index < -0.39 is 0 Å². The second-order valence-corrected chi connectivity index (χ2v) is 3.67. The van der Waals surface area contributed by atoms with Gasteiger partial charge >= 0.3 is 0 Å². The monoisotopic (exact) mass is 192 g/mol. The molecule has 1 aliphatic carbocycles. The molecule has 1 fully saturated rings. The number of hydrogen-bond acceptors (Lipinski definition) is 3. The number of anilines is 1. The van der Waals surface area contributed by atoms with Gasteiger partial charge in [-0.3, -0.25) is 10.1 Å². The van der Waals surface area contributed by atoms with Crippen molar-refractivity contribution < 1.29 is 4.92 Å². The summed E-state index contributed by atoms with van der Waals surface area (Å²) in [4.78, 5) is 10.2. The van der Waals surface area contributed by atoms with E-state index in [0.717, 1.165) is 11.3 Å². The van der Waals surface area contributed by atoms with Crippen LogP contribution >= 0.6 is 0 Å². The summed E-state index contributed by atoms with van der Waals surface area (Å²) in [7, 11) is 0. The number of nitrogens with one attached hydrogen (secondary N) is 1. The highest BCUT2D eigenvalue weighted by molar-refractivity contribution is 5.57. The first kappa shape index (κ1) is 8.99. The van der Waals surface area contributed by atoms with Gasteiger partial charge in [-0.2, -0.15) is 0 Å². The fourth-order valence-corrected chi connectivity index (χ4v) is 1.33. The summed E-state index contributed by atoms with van der Waals surface area (Å²) in [5.41, 5.74) is 2.10. The number of non-ortho nitro benzene ring substituents is 1. The van der Waals surface area contributed by atoms with Gasteiger partial charge in [0.15, 0.2) is 0 Å². The Kier molecular flexibility index (Phi) is 2.11. The van der Waals surface area contributed by atoms with Crippen LogP contribution in [0.5, 0.6) is 0 Å². The van der Waals surface area contributed by atoms with Crippen LogP contribution in [0.25, 0.3) is 0 Å². The molecule has 14 heavy (non-hydrogen) atoms. The Hall–Kier alpha value is -1.58. The van der Waals surface area contributed by atoms with E-state index in [1.807, 2.05) is 6.92 Å². The molecular weight excluding hydrogens is 180 g/mol. The maximum Gasteiger partial charge on any atom is 0.271 e. The molecule has 0 aromatic heterocycles. The second-order valence-electron chi connectivity index (χ2n) is 3.67. The van der Waals surface area contributed by atoms with E-state index in [9.17, 15) is 10.1 Å². The number of hydrogen-bond donors (Lipinski definition) is 1. The highest BCUT2D eigenvalue weighted by Crippen LogP contribution is 2.28. The van der Waals surface area contributed by atoms with Gasteiger partial charge in [-0.25, -0.2) is 0 Å². The molecule has 0 radical (unpaired) electrons. The summed E-state index contributed by atoms with van der Waals surface area (Å²) in [6.45, 7) is 1.95. The van der Waals surface area contributed by atoms with E-state index in [4.69, 9.17) is 0 Å². The third kappa shape index (κ3) is 1.84. The Morgan fingerprint density at radius 3 is 2.79 bits per heavy atom. The van der Waals surface area contributed by atoms with E-state index >= 15 is 0 Å². The largest absolute Gasteiger partial charge is 0.382 e. The van der Waals surface area contributed by atoms with Crippen molar-refractivity contribution in [2.75, 3.05) is 5.32 Å². The van der Waals surface area contributed by atoms with E-state index in [0.29, 0.717) is 6.04 Å². The van der Waals surface area contributed by atoms with Crippen LogP contribution in [0.2, 0.25) is 0 Å². The molecule has 1 saturated carbocycles. The Balaban J connectivity index is 2.26. The molecule has 4 heteroatoms. The van der Waals surface area contributed by atoms with Crippen LogP contribution in [-0.2, 0) is 0 Å². The molecule has 4 nitrogen and oxygen atoms in total. The number of benzene rings is 1. The third-order valence-corrected chi connectivity index (χ3v) is 2.37. The lowest BCUT2D eigenvalue weighted by Crippen LogP contribution is -2.03. The van der Waals surface area contributed by atoms with Gasteiger partial charge in [0.25, 0.3) is 5.69 Å². The maximum absolute atomic E-state index is 10.5. The van der Waals surface area contributed by atoms with Gasteiger partial charge in [-0.05, 0) is 25.3 Å². The zero-order valence-corrected chi connectivity index (χ0v) is 7.99. The third-order valence-electron chi connectivity index (χ3n) is 2.37. The molecule has 0 bridgehead atoms. The van der Waals surface area contributed by atoms with Crippen LogP contribution in [0.1, 0.15) is 18.4 Å². The summed E-state index contributed by atoms with van der Waals surface area (Å²) < 4.78 is 0. The summed E-state index contributed by atoms with van der Waals surface area (Å²) >= 11 is 0. The zero-order valence-electron chi connectivity index (χ0n) is 7.99. The van der Waals surface area contributed by atoms with Gasteiger partial charge in [0, 0.05) is 23.9 Å². The molecule has 1 N–H and O–H groups in total. The number of nitro benzene ring substituents is 1. The smallest absolute Gasteiger partial charge is 0.271 e. The quantitative estimate of drug-likeness (QED) is 0.591. The van der Waals surface area contributed by atoms with Crippen molar-refractivity contribution in [3.05, 3.63) is 33.9 Å². The number of nitrogens with zero attached hydrogens (tertiary/aromatic N) is 1. The first-order chi connectivity index (χ1) is 6.66. The minimum absolute atomic E-state index is 0.152. The van der Waals surface area contributed by atoms with Crippen LogP contribution in [0, 0.1) is 17.0 Å². The molecule has 1 aliphatic rings. The fraction of sp³-hybridized carbons (Fsp3) is 0.400. The van der Waals surface area contributed by atoms with Crippen molar-refractivity contribution in [1.82, 2.24) is 0 Å². The first-order valence-electron chi connectivity index (χ1n) is 4.68. The molecule has 2 rings (SSSR count). The van der Waals surface area contributed by atoms with Crippen molar-refractivity contribution in [2.45, 2.75) is 25.8 Å². The predicted octanol–water partition coefficient (Wildman–Crippen LogP) is 2.48. The summed E-state index contributed by atoms with van der Waals surface area (Å²) in [5, 5.41) is 13.8. The molecule has 0 saturated heterocycles. The SMILES string of the molecule is Cc1ccc([N+](=O)[O-])cc1NC1CC1. The maximum atomic E-state index is 10.5. The molecule has 1 aromatic carbocycles. The van der Waals surface area contributed by atoms with E-state index in [1.165, 1.54) is 18.9 Å². The van der Waals surface area contributed by atoms with Crippen molar-refractivity contribution in [3.63, 3.8) is 0 Å². The summed E-state index contributed by atoms with van der Waals surface area (Å²) in [5.74, 6) is 0. The molecule has 0 spiro atoms. The lowest BCUT2D eigenvalue weighted by Gasteiger charge is -2.07. The fourth-order valence-electron chi connectivity index (χ4n) is 1.33. The minimum Gasteiger partial charge on any atom is -0.382 e. The molecule has 0 atom stereocenters.